The molecule has 0 saturated heterocycles. The number of aromatic amines is 1. The number of nitrogen functional groups attached to an aromatic ring is 1. The topological polar surface area (TPSA) is 118 Å². The van der Waals surface area contributed by atoms with Crippen molar-refractivity contribution in [2.24, 2.45) is 0 Å². The number of carbonyl (C=O) groups is 1. The first-order valence-corrected chi connectivity index (χ1v) is 7.63. The maximum atomic E-state index is 11.8. The van der Waals surface area contributed by atoms with Gasteiger partial charge in [-0.15, -0.1) is 0 Å². The lowest BCUT2D eigenvalue weighted by molar-refractivity contribution is 0.0952. The summed E-state index contributed by atoms with van der Waals surface area (Å²) in [6, 6.07) is 6.30. The number of rotatable bonds is 4. The second-order valence-electron chi connectivity index (χ2n) is 4.30. The highest BCUT2D eigenvalue weighted by molar-refractivity contribution is 7.90. The molecule has 1 amide bonds. The van der Waals surface area contributed by atoms with Crippen molar-refractivity contribution in [1.82, 2.24) is 15.5 Å². The third-order valence-electron chi connectivity index (χ3n) is 2.72. The minimum absolute atomic E-state index is 0.204. The number of hydrogen-bond acceptors (Lipinski definition) is 5. The standard InChI is InChI=1S/C12H14N4O3S/c1-20(18,19)9-4-2-8(3-5-9)6-14-12(17)10-7-15-16-11(10)13/h2-5,7H,6H2,1H3,(H,14,17)(H3,13,15,16). The number of nitrogens with one attached hydrogen (secondary N) is 2. The summed E-state index contributed by atoms with van der Waals surface area (Å²) in [4.78, 5) is 12.0. The maximum absolute atomic E-state index is 11.8. The first-order chi connectivity index (χ1) is 9.38. The predicted octanol–water partition coefficient (Wildman–Crippen LogP) is 0.325. The van der Waals surface area contributed by atoms with E-state index in [1.54, 1.807) is 12.1 Å². The zero-order valence-corrected chi connectivity index (χ0v) is 11.6. The highest BCUT2D eigenvalue weighted by Gasteiger charge is 2.11. The minimum Gasteiger partial charge on any atom is -0.383 e. The Labute approximate surface area is 116 Å². The average Bonchev–Trinajstić information content (AvgIpc) is 2.82. The molecule has 1 heterocycles. The number of nitrogens with zero attached hydrogens (tertiary/aromatic N) is 1. The molecule has 4 N–H and O–H groups in total. The summed E-state index contributed by atoms with van der Waals surface area (Å²) in [6.45, 7) is 0.271. The lowest BCUT2D eigenvalue weighted by atomic mass is 10.2. The van der Waals surface area contributed by atoms with Gasteiger partial charge in [-0.1, -0.05) is 12.1 Å². The first kappa shape index (κ1) is 14.1. The number of H-pyrrole nitrogens is 1. The summed E-state index contributed by atoms with van der Waals surface area (Å²) in [5.74, 6) is -0.140. The fraction of sp³-hybridized carbons (Fsp3) is 0.167. The third-order valence-corrected chi connectivity index (χ3v) is 3.85. The van der Waals surface area contributed by atoms with Crippen LogP contribution in [0.4, 0.5) is 5.82 Å². The van der Waals surface area contributed by atoms with Crippen LogP contribution in [0, 0.1) is 0 Å². The first-order valence-electron chi connectivity index (χ1n) is 5.74. The van der Waals surface area contributed by atoms with Crippen molar-refractivity contribution >= 4 is 21.6 Å². The van der Waals surface area contributed by atoms with E-state index in [1.807, 2.05) is 0 Å². The van der Waals surface area contributed by atoms with Gasteiger partial charge >= 0.3 is 0 Å². The molecular formula is C12H14N4O3S. The number of sulfone groups is 1. The molecular weight excluding hydrogens is 280 g/mol. The number of amides is 1. The van der Waals surface area contributed by atoms with Gasteiger partial charge in [0.05, 0.1) is 11.1 Å². The van der Waals surface area contributed by atoms with Crippen molar-refractivity contribution in [3.63, 3.8) is 0 Å². The number of benzene rings is 1. The van der Waals surface area contributed by atoms with Crippen LogP contribution < -0.4 is 11.1 Å². The highest BCUT2D eigenvalue weighted by atomic mass is 32.2. The second-order valence-corrected chi connectivity index (χ2v) is 6.31. The Bertz CT molecular complexity index is 719. The van der Waals surface area contributed by atoms with E-state index < -0.39 is 9.84 Å². The molecule has 0 radical (unpaired) electrons. The van der Waals surface area contributed by atoms with Crippen LogP contribution >= 0.6 is 0 Å². The Morgan fingerprint density at radius 2 is 2.00 bits per heavy atom. The molecule has 0 bridgehead atoms. The molecule has 20 heavy (non-hydrogen) atoms. The molecule has 0 unspecified atom stereocenters. The highest BCUT2D eigenvalue weighted by Crippen LogP contribution is 2.11. The van der Waals surface area contributed by atoms with Crippen LogP contribution in [0.5, 0.6) is 0 Å². The quantitative estimate of drug-likeness (QED) is 0.750. The third kappa shape index (κ3) is 3.15. The van der Waals surface area contributed by atoms with E-state index in [4.69, 9.17) is 5.73 Å². The van der Waals surface area contributed by atoms with Crippen LogP contribution in [0.1, 0.15) is 15.9 Å². The Hall–Kier alpha value is -2.35. The van der Waals surface area contributed by atoms with E-state index in [1.165, 1.54) is 18.3 Å². The van der Waals surface area contributed by atoms with Crippen molar-refractivity contribution in [3.05, 3.63) is 41.6 Å². The fourth-order valence-corrected chi connectivity index (χ4v) is 2.24. The number of nitrogens with two attached hydrogens (primary N) is 1. The Morgan fingerprint density at radius 3 is 2.50 bits per heavy atom. The van der Waals surface area contributed by atoms with Crippen molar-refractivity contribution in [2.45, 2.75) is 11.4 Å². The zero-order chi connectivity index (χ0) is 14.8. The molecule has 0 fully saturated rings. The van der Waals surface area contributed by atoms with E-state index in [0.29, 0.717) is 0 Å². The second kappa shape index (κ2) is 5.33. The minimum atomic E-state index is -3.21. The Kier molecular flexibility index (Phi) is 3.75. The van der Waals surface area contributed by atoms with Gasteiger partial charge in [-0.05, 0) is 17.7 Å². The van der Waals surface area contributed by atoms with Gasteiger partial charge in [0.15, 0.2) is 9.84 Å². The summed E-state index contributed by atoms with van der Waals surface area (Å²) in [5, 5.41) is 8.80. The van der Waals surface area contributed by atoms with Crippen molar-refractivity contribution < 1.29 is 13.2 Å². The molecule has 2 rings (SSSR count). The fourth-order valence-electron chi connectivity index (χ4n) is 1.61. The summed E-state index contributed by atoms with van der Waals surface area (Å²) in [5.41, 5.74) is 6.59. The molecule has 7 nitrogen and oxygen atoms in total. The van der Waals surface area contributed by atoms with E-state index in [0.717, 1.165) is 11.8 Å². The maximum Gasteiger partial charge on any atom is 0.256 e. The average molecular weight is 294 g/mol. The van der Waals surface area contributed by atoms with E-state index in [2.05, 4.69) is 15.5 Å². The monoisotopic (exact) mass is 294 g/mol. The van der Waals surface area contributed by atoms with Gasteiger partial charge < -0.3 is 11.1 Å². The largest absolute Gasteiger partial charge is 0.383 e. The molecule has 0 saturated carbocycles. The van der Waals surface area contributed by atoms with Crippen LogP contribution in [0.25, 0.3) is 0 Å². The normalized spacial score (nSPS) is 11.2. The van der Waals surface area contributed by atoms with Crippen LogP contribution in [-0.4, -0.2) is 30.8 Å². The molecule has 1 aromatic heterocycles. The van der Waals surface area contributed by atoms with Crippen molar-refractivity contribution in [2.75, 3.05) is 12.0 Å². The van der Waals surface area contributed by atoms with Crippen molar-refractivity contribution in [1.29, 1.82) is 0 Å². The molecule has 0 atom stereocenters. The van der Waals surface area contributed by atoms with E-state index >= 15 is 0 Å². The van der Waals surface area contributed by atoms with Crippen LogP contribution in [0.3, 0.4) is 0 Å². The van der Waals surface area contributed by atoms with Crippen molar-refractivity contribution in [3.8, 4) is 0 Å². The van der Waals surface area contributed by atoms with Crippen LogP contribution in [-0.2, 0) is 16.4 Å². The number of hydrogen-bond donors (Lipinski definition) is 3. The number of anilines is 1. The zero-order valence-electron chi connectivity index (χ0n) is 10.8. The molecule has 8 heteroatoms. The molecule has 0 aliphatic heterocycles. The molecule has 1 aromatic carbocycles. The van der Waals surface area contributed by atoms with Gasteiger partial charge in [0.25, 0.3) is 5.91 Å². The molecule has 0 aliphatic carbocycles. The summed E-state index contributed by atoms with van der Waals surface area (Å²) in [6.07, 6.45) is 2.49. The van der Waals surface area contributed by atoms with Gasteiger partial charge in [0.1, 0.15) is 11.4 Å². The predicted molar refractivity (Wildman–Crippen MR) is 73.7 cm³/mol. The summed E-state index contributed by atoms with van der Waals surface area (Å²) < 4.78 is 22.6. The molecule has 0 aliphatic rings. The van der Waals surface area contributed by atoms with Gasteiger partial charge in [-0.3, -0.25) is 9.89 Å². The SMILES string of the molecule is CS(=O)(=O)c1ccc(CNC(=O)c2cn[nH]c2N)cc1. The van der Waals surface area contributed by atoms with Crippen LogP contribution in [0.2, 0.25) is 0 Å². The van der Waals surface area contributed by atoms with Gasteiger partial charge in [0, 0.05) is 12.8 Å². The Morgan fingerprint density at radius 1 is 1.35 bits per heavy atom. The van der Waals surface area contributed by atoms with Gasteiger partial charge in [-0.2, -0.15) is 5.10 Å². The van der Waals surface area contributed by atoms with Gasteiger partial charge in [-0.25, -0.2) is 8.42 Å². The molecule has 2 aromatic rings. The molecule has 0 spiro atoms. The Balaban J connectivity index is 2.02. The summed E-state index contributed by atoms with van der Waals surface area (Å²) >= 11 is 0. The van der Waals surface area contributed by atoms with E-state index in [-0.39, 0.29) is 28.7 Å². The smallest absolute Gasteiger partial charge is 0.256 e. The lowest BCUT2D eigenvalue weighted by Crippen LogP contribution is -2.23. The van der Waals surface area contributed by atoms with Crippen LogP contribution in [0.15, 0.2) is 35.4 Å². The lowest BCUT2D eigenvalue weighted by Gasteiger charge is -2.05. The number of aromatic nitrogens is 2. The summed E-state index contributed by atoms with van der Waals surface area (Å²) in [7, 11) is -3.21. The number of carbonyl (C=O) groups excluding carboxylic acids is 1. The van der Waals surface area contributed by atoms with Gasteiger partial charge in [0.2, 0.25) is 0 Å². The van der Waals surface area contributed by atoms with E-state index in [9.17, 15) is 13.2 Å². The molecule has 106 valence electrons.